The van der Waals surface area contributed by atoms with E-state index in [0.29, 0.717) is 12.2 Å². The smallest absolute Gasteiger partial charge is 0.269 e. The van der Waals surface area contributed by atoms with Crippen LogP contribution in [-0.4, -0.2) is 22.6 Å². The predicted molar refractivity (Wildman–Crippen MR) is 53.0 cm³/mol. The van der Waals surface area contributed by atoms with E-state index in [9.17, 15) is 10.1 Å². The summed E-state index contributed by atoms with van der Waals surface area (Å²) in [5.74, 6) is 0.0485. The number of non-ortho nitro benzene ring substituents is 1. The van der Waals surface area contributed by atoms with Gasteiger partial charge in [0.15, 0.2) is 0 Å². The van der Waals surface area contributed by atoms with Gasteiger partial charge in [0.25, 0.3) is 11.6 Å². The number of hydrogen-bond acceptors (Lipinski definition) is 5. The first-order valence-corrected chi connectivity index (χ1v) is 4.28. The number of nitro groups is 1. The summed E-state index contributed by atoms with van der Waals surface area (Å²) in [6, 6.07) is 5.56. The first kappa shape index (κ1) is 11.0. The van der Waals surface area contributed by atoms with Gasteiger partial charge in [-0.25, -0.2) is 0 Å². The normalized spacial score (nSPS) is 11.1. The van der Waals surface area contributed by atoms with Crippen LogP contribution in [0.15, 0.2) is 29.4 Å². The highest BCUT2D eigenvalue weighted by atomic mass is 16.6. The molecule has 0 heterocycles. The predicted octanol–water partition coefficient (Wildman–Crippen LogP) is 1.77. The van der Waals surface area contributed by atoms with E-state index in [4.69, 9.17) is 9.94 Å². The second kappa shape index (κ2) is 4.94. The molecule has 0 bridgehead atoms. The molecule has 0 fully saturated rings. The molecule has 6 heteroatoms. The molecule has 0 aliphatic rings. The van der Waals surface area contributed by atoms with Gasteiger partial charge in [-0.05, 0) is 24.2 Å². The fourth-order valence-electron chi connectivity index (χ4n) is 1.03. The Kier molecular flexibility index (Phi) is 3.61. The van der Waals surface area contributed by atoms with Crippen LogP contribution in [0.1, 0.15) is 12.5 Å². The largest absolute Gasteiger partial charge is 0.475 e. The van der Waals surface area contributed by atoms with Gasteiger partial charge in [-0.2, -0.15) is 0 Å². The van der Waals surface area contributed by atoms with Crippen LogP contribution in [0, 0.1) is 10.1 Å². The lowest BCUT2D eigenvalue weighted by atomic mass is 10.2. The second-order valence-electron chi connectivity index (χ2n) is 2.64. The first-order valence-electron chi connectivity index (χ1n) is 4.28. The van der Waals surface area contributed by atoms with Gasteiger partial charge in [0.2, 0.25) is 0 Å². The maximum absolute atomic E-state index is 10.4. The monoisotopic (exact) mass is 210 g/mol. The Morgan fingerprint density at radius 2 is 2.13 bits per heavy atom. The van der Waals surface area contributed by atoms with Crippen LogP contribution in [0.4, 0.5) is 5.69 Å². The van der Waals surface area contributed by atoms with Crippen molar-refractivity contribution in [2.45, 2.75) is 6.92 Å². The molecule has 1 N–H and O–H groups in total. The minimum absolute atomic E-state index is 0.0208. The molecule has 1 aromatic rings. The van der Waals surface area contributed by atoms with Crippen LogP contribution in [0.5, 0.6) is 0 Å². The molecule has 1 aromatic carbocycles. The lowest BCUT2D eigenvalue weighted by Crippen LogP contribution is -2.06. The second-order valence-corrected chi connectivity index (χ2v) is 2.64. The quantitative estimate of drug-likeness (QED) is 0.271. The molecule has 0 saturated carbocycles. The Morgan fingerprint density at radius 1 is 1.53 bits per heavy atom. The van der Waals surface area contributed by atoms with Gasteiger partial charge in [-0.15, -0.1) is 0 Å². The average Bonchev–Trinajstić information content (AvgIpc) is 2.26. The van der Waals surface area contributed by atoms with Crippen LogP contribution in [0.3, 0.4) is 0 Å². The minimum Gasteiger partial charge on any atom is -0.475 e. The average molecular weight is 210 g/mol. The fraction of sp³-hybridized carbons (Fsp3) is 0.222. The highest BCUT2D eigenvalue weighted by molar-refractivity contribution is 5.93. The number of benzene rings is 1. The SMILES string of the molecule is CCOC(=NO)c1ccc([N+](=O)[O-])cc1. The molecule has 80 valence electrons. The molecule has 0 atom stereocenters. The number of nitro benzene ring substituents is 1. The van der Waals surface area contributed by atoms with Gasteiger partial charge in [-0.1, -0.05) is 0 Å². The van der Waals surface area contributed by atoms with E-state index in [1.807, 2.05) is 0 Å². The standard InChI is InChI=1S/C9H10N2O4/c1-2-15-9(10-12)7-3-5-8(6-4-7)11(13)14/h3-6,12H,2H2,1H3. The Balaban J connectivity index is 2.92. The van der Waals surface area contributed by atoms with Gasteiger partial charge in [-0.3, -0.25) is 10.1 Å². The zero-order valence-electron chi connectivity index (χ0n) is 8.08. The third kappa shape index (κ3) is 2.67. The van der Waals surface area contributed by atoms with E-state index in [0.717, 1.165) is 0 Å². The van der Waals surface area contributed by atoms with E-state index in [1.165, 1.54) is 24.3 Å². The maximum atomic E-state index is 10.4. The van der Waals surface area contributed by atoms with Crippen molar-refractivity contribution in [1.82, 2.24) is 0 Å². The first-order chi connectivity index (χ1) is 7.19. The van der Waals surface area contributed by atoms with E-state index < -0.39 is 4.92 Å². The molecule has 0 radical (unpaired) electrons. The van der Waals surface area contributed by atoms with Crippen LogP contribution in [0.2, 0.25) is 0 Å². The third-order valence-corrected chi connectivity index (χ3v) is 1.70. The summed E-state index contributed by atoms with van der Waals surface area (Å²) in [6.45, 7) is 2.10. The summed E-state index contributed by atoms with van der Waals surface area (Å²) in [6.07, 6.45) is 0. The molecular formula is C9H10N2O4. The topological polar surface area (TPSA) is 85.0 Å². The molecule has 0 saturated heterocycles. The van der Waals surface area contributed by atoms with Crippen molar-refractivity contribution < 1.29 is 14.9 Å². The van der Waals surface area contributed by atoms with Crippen molar-refractivity contribution in [1.29, 1.82) is 0 Å². The van der Waals surface area contributed by atoms with Crippen molar-refractivity contribution in [3.63, 3.8) is 0 Å². The summed E-state index contributed by atoms with van der Waals surface area (Å²) in [5, 5.41) is 21.9. The summed E-state index contributed by atoms with van der Waals surface area (Å²) >= 11 is 0. The van der Waals surface area contributed by atoms with Gasteiger partial charge < -0.3 is 9.94 Å². The fourth-order valence-corrected chi connectivity index (χ4v) is 1.03. The molecule has 0 aliphatic carbocycles. The molecule has 0 unspecified atom stereocenters. The molecule has 0 aliphatic heterocycles. The molecule has 6 nitrogen and oxygen atoms in total. The molecule has 0 amide bonds. The Labute approximate surface area is 85.9 Å². The number of rotatable bonds is 3. The third-order valence-electron chi connectivity index (χ3n) is 1.70. The molecular weight excluding hydrogens is 200 g/mol. The van der Waals surface area contributed by atoms with Crippen molar-refractivity contribution in [3.05, 3.63) is 39.9 Å². The van der Waals surface area contributed by atoms with Crippen molar-refractivity contribution in [2.24, 2.45) is 5.16 Å². The van der Waals surface area contributed by atoms with Gasteiger partial charge >= 0.3 is 0 Å². The molecule has 0 spiro atoms. The van der Waals surface area contributed by atoms with E-state index in [1.54, 1.807) is 6.92 Å². The van der Waals surface area contributed by atoms with Gasteiger partial charge in [0.05, 0.1) is 11.5 Å². The number of ether oxygens (including phenoxy) is 1. The maximum Gasteiger partial charge on any atom is 0.269 e. The zero-order valence-corrected chi connectivity index (χ0v) is 8.08. The number of oxime groups is 1. The van der Waals surface area contributed by atoms with Crippen LogP contribution in [-0.2, 0) is 4.74 Å². The van der Waals surface area contributed by atoms with Crippen molar-refractivity contribution >= 4 is 11.6 Å². The lowest BCUT2D eigenvalue weighted by Gasteiger charge is -2.04. The Hall–Kier alpha value is -2.11. The van der Waals surface area contributed by atoms with Gasteiger partial charge in [0, 0.05) is 17.7 Å². The van der Waals surface area contributed by atoms with Crippen molar-refractivity contribution in [3.8, 4) is 0 Å². The highest BCUT2D eigenvalue weighted by Gasteiger charge is 2.08. The summed E-state index contributed by atoms with van der Waals surface area (Å²) in [5.41, 5.74) is 0.470. The summed E-state index contributed by atoms with van der Waals surface area (Å²) < 4.78 is 5.01. The Bertz CT molecular complexity index is 372. The van der Waals surface area contributed by atoms with Crippen LogP contribution < -0.4 is 0 Å². The van der Waals surface area contributed by atoms with E-state index in [-0.39, 0.29) is 11.6 Å². The van der Waals surface area contributed by atoms with Crippen molar-refractivity contribution in [2.75, 3.05) is 6.61 Å². The molecule has 15 heavy (non-hydrogen) atoms. The molecule has 0 aromatic heterocycles. The van der Waals surface area contributed by atoms with Crippen LogP contribution in [0.25, 0.3) is 0 Å². The van der Waals surface area contributed by atoms with E-state index >= 15 is 0 Å². The van der Waals surface area contributed by atoms with Crippen LogP contribution >= 0.6 is 0 Å². The van der Waals surface area contributed by atoms with Gasteiger partial charge in [0.1, 0.15) is 0 Å². The Morgan fingerprint density at radius 3 is 2.53 bits per heavy atom. The highest BCUT2D eigenvalue weighted by Crippen LogP contribution is 2.12. The molecule has 1 rings (SSSR count). The zero-order chi connectivity index (χ0) is 11.3. The minimum atomic E-state index is -0.500. The summed E-state index contributed by atoms with van der Waals surface area (Å²) in [4.78, 5) is 9.87. The van der Waals surface area contributed by atoms with E-state index in [2.05, 4.69) is 5.16 Å². The lowest BCUT2D eigenvalue weighted by molar-refractivity contribution is -0.384. The number of nitrogens with zero attached hydrogens (tertiary/aromatic N) is 2. The summed E-state index contributed by atoms with van der Waals surface area (Å²) in [7, 11) is 0. The number of hydrogen-bond donors (Lipinski definition) is 1.